The van der Waals surface area contributed by atoms with Gasteiger partial charge in [0.1, 0.15) is 0 Å². The third kappa shape index (κ3) is 7.93. The van der Waals surface area contributed by atoms with Crippen LogP contribution in [0.15, 0.2) is 29.2 Å². The van der Waals surface area contributed by atoms with E-state index in [1.165, 1.54) is 12.1 Å². The third-order valence-electron chi connectivity index (χ3n) is 4.87. The number of methoxy groups -OCH3 is 1. The zero-order valence-corrected chi connectivity index (χ0v) is 21.7. The number of nitrogens with one attached hydrogen (secondary N) is 1. The number of ether oxygens (including phenoxy) is 5. The van der Waals surface area contributed by atoms with E-state index in [0.717, 1.165) is 40.0 Å². The molecule has 0 spiro atoms. The van der Waals surface area contributed by atoms with E-state index < -0.39 is 80.3 Å². The van der Waals surface area contributed by atoms with Crippen molar-refractivity contribution in [2.75, 3.05) is 7.11 Å². The first-order valence-corrected chi connectivity index (χ1v) is 13.5. The number of hydrogen-bond donors (Lipinski definition) is 2. The molecule has 0 saturated carbocycles. The van der Waals surface area contributed by atoms with Crippen molar-refractivity contribution in [3.63, 3.8) is 0 Å². The topological polar surface area (TPSA) is 221 Å². The summed E-state index contributed by atoms with van der Waals surface area (Å²) >= 11 is 0. The van der Waals surface area contributed by atoms with Crippen LogP contribution in [0.4, 0.5) is 0 Å². The first kappa shape index (κ1) is 30.1. The van der Waals surface area contributed by atoms with E-state index in [2.05, 4.69) is 9.46 Å². The Morgan fingerprint density at radius 2 is 1.35 bits per heavy atom. The van der Waals surface area contributed by atoms with Crippen LogP contribution in [0, 0.1) is 0 Å². The number of benzene rings is 1. The molecule has 1 fully saturated rings. The van der Waals surface area contributed by atoms with Crippen molar-refractivity contribution in [3.8, 4) is 0 Å². The smallest absolute Gasteiger partial charge is 0.339 e. The van der Waals surface area contributed by atoms with Crippen LogP contribution in [-0.2, 0) is 69.5 Å². The van der Waals surface area contributed by atoms with E-state index in [4.69, 9.17) is 24.1 Å². The number of carbonyl (C=O) groups excluding carboxylic acids is 4. The van der Waals surface area contributed by atoms with Gasteiger partial charge in [0.15, 0.2) is 24.4 Å². The fraction of sp³-hybridized carbons (Fsp3) is 0.500. The lowest BCUT2D eigenvalue weighted by Crippen LogP contribution is -2.65. The van der Waals surface area contributed by atoms with Crippen LogP contribution >= 0.6 is 0 Å². The highest BCUT2D eigenvalue weighted by Crippen LogP contribution is 2.32. The highest BCUT2D eigenvalue weighted by Gasteiger charge is 2.58. The number of esters is 4. The van der Waals surface area contributed by atoms with Crippen LogP contribution in [0.1, 0.15) is 26.3 Å². The Morgan fingerprint density at radius 1 is 0.865 bits per heavy atom. The minimum absolute atomic E-state index is 0.203. The number of carbonyl (C=O) groups is 4. The second-order valence-electron chi connectivity index (χ2n) is 7.73. The lowest BCUT2D eigenvalue weighted by atomic mass is 9.99. The van der Waals surface area contributed by atoms with Crippen molar-refractivity contribution in [1.29, 1.82) is 0 Å². The molecule has 0 amide bonds. The first-order chi connectivity index (χ1) is 17.1. The summed E-state index contributed by atoms with van der Waals surface area (Å²) in [4.78, 5) is 47.5. The van der Waals surface area contributed by atoms with Crippen LogP contribution in [0.3, 0.4) is 0 Å². The highest BCUT2D eigenvalue weighted by atomic mass is 32.2. The van der Waals surface area contributed by atoms with E-state index in [0.29, 0.717) is 5.56 Å². The van der Waals surface area contributed by atoms with Gasteiger partial charge in [-0.15, -0.1) is 0 Å². The molecule has 0 radical (unpaired) electrons. The van der Waals surface area contributed by atoms with E-state index in [9.17, 15) is 36.0 Å². The molecule has 17 heteroatoms. The predicted octanol–water partition coefficient (Wildman–Crippen LogP) is -1.55. The molecule has 15 nitrogen and oxygen atoms in total. The summed E-state index contributed by atoms with van der Waals surface area (Å²) in [5, 5.41) is 5.04. The molecule has 0 aliphatic carbocycles. The molecular formula is C20H26N2O13S2. The molecule has 1 aliphatic rings. The summed E-state index contributed by atoms with van der Waals surface area (Å²) in [6.45, 7) is 2.49. The summed E-state index contributed by atoms with van der Waals surface area (Å²) in [5.41, 5.74) is -1.84. The molecule has 0 bridgehead atoms. The van der Waals surface area contributed by atoms with Crippen LogP contribution < -0.4 is 9.86 Å². The summed E-state index contributed by atoms with van der Waals surface area (Å²) < 4.78 is 76.9. The Bertz CT molecular complexity index is 1250. The molecule has 1 aromatic rings. The molecule has 0 unspecified atom stereocenters. The van der Waals surface area contributed by atoms with Gasteiger partial charge in [-0.05, 0) is 17.7 Å². The maximum absolute atomic E-state index is 13.3. The standard InChI is InChI=1S/C20H26N2O13S2/c1-10(23)32-15-16(33-11(2)24)18(34-12(3)25)20(35-17(15)19(26)31-4)37(29,30)22-9-13-5-7-14(8-6-13)36(21,27)28/h5-8,15-18,20,22H,9H2,1-4H3,(H2,21,27,28)/t15-,16-,17-,18+,20-/m0/s1. The van der Waals surface area contributed by atoms with Gasteiger partial charge in [-0.25, -0.2) is 31.5 Å². The van der Waals surface area contributed by atoms with Crippen LogP contribution in [0.5, 0.6) is 0 Å². The summed E-state index contributed by atoms with van der Waals surface area (Å²) in [6, 6.07) is 4.91. The molecule has 0 aromatic heterocycles. The lowest BCUT2D eigenvalue weighted by Gasteiger charge is -2.42. The van der Waals surface area contributed by atoms with Crippen LogP contribution in [-0.4, -0.2) is 77.7 Å². The quantitative estimate of drug-likeness (QED) is 0.255. The van der Waals surface area contributed by atoms with Gasteiger partial charge in [0.05, 0.1) is 12.0 Å². The summed E-state index contributed by atoms with van der Waals surface area (Å²) in [6.07, 6.45) is -7.27. The molecule has 3 N–H and O–H groups in total. The monoisotopic (exact) mass is 566 g/mol. The van der Waals surface area contributed by atoms with Crippen molar-refractivity contribution in [2.45, 2.75) is 62.1 Å². The van der Waals surface area contributed by atoms with Gasteiger partial charge in [0.25, 0.3) is 0 Å². The van der Waals surface area contributed by atoms with Gasteiger partial charge in [-0.3, -0.25) is 14.4 Å². The average molecular weight is 567 g/mol. The maximum atomic E-state index is 13.3. The number of rotatable bonds is 9. The highest BCUT2D eigenvalue weighted by molar-refractivity contribution is 7.90. The normalized spacial score (nSPS) is 24.0. The summed E-state index contributed by atoms with van der Waals surface area (Å²) in [5.74, 6) is -4.07. The predicted molar refractivity (Wildman–Crippen MR) is 121 cm³/mol. The SMILES string of the molecule is COC(=O)[C@H]1O[C@@H](S(=O)(=O)NCc2ccc(S(N)(=O)=O)cc2)[C@H](OC(C)=O)[C@@H](OC(C)=O)[C@@H]1OC(C)=O. The maximum Gasteiger partial charge on any atom is 0.339 e. The van der Waals surface area contributed by atoms with E-state index in [1.807, 2.05) is 0 Å². The van der Waals surface area contributed by atoms with Gasteiger partial charge in [0.2, 0.25) is 25.5 Å². The largest absolute Gasteiger partial charge is 0.467 e. The number of primary sulfonamides is 1. The minimum Gasteiger partial charge on any atom is -0.467 e. The van der Waals surface area contributed by atoms with Crippen LogP contribution in [0.25, 0.3) is 0 Å². The van der Waals surface area contributed by atoms with E-state index in [-0.39, 0.29) is 4.90 Å². The van der Waals surface area contributed by atoms with E-state index >= 15 is 0 Å². The average Bonchev–Trinajstić information content (AvgIpc) is 2.78. The molecule has 1 aliphatic heterocycles. The van der Waals surface area contributed by atoms with Gasteiger partial charge < -0.3 is 23.7 Å². The van der Waals surface area contributed by atoms with Gasteiger partial charge in [0, 0.05) is 27.3 Å². The molecule has 2 rings (SSSR count). The molecule has 5 atom stereocenters. The first-order valence-electron chi connectivity index (χ1n) is 10.4. The fourth-order valence-corrected chi connectivity index (χ4v) is 5.27. The fourth-order valence-electron chi connectivity index (χ4n) is 3.39. The second kappa shape index (κ2) is 12.0. The zero-order valence-electron chi connectivity index (χ0n) is 20.1. The number of sulfonamides is 2. The molecule has 206 valence electrons. The third-order valence-corrected chi connectivity index (χ3v) is 7.34. The van der Waals surface area contributed by atoms with Crippen LogP contribution in [0.2, 0.25) is 0 Å². The van der Waals surface area contributed by atoms with Gasteiger partial charge in [-0.2, -0.15) is 0 Å². The lowest BCUT2D eigenvalue weighted by molar-refractivity contribution is -0.236. The van der Waals surface area contributed by atoms with Crippen molar-refractivity contribution in [3.05, 3.63) is 29.8 Å². The Kier molecular flexibility index (Phi) is 9.72. The van der Waals surface area contributed by atoms with Gasteiger partial charge >= 0.3 is 23.9 Å². The van der Waals surface area contributed by atoms with Crippen molar-refractivity contribution in [1.82, 2.24) is 4.72 Å². The van der Waals surface area contributed by atoms with Gasteiger partial charge in [-0.1, -0.05) is 12.1 Å². The Hall–Kier alpha value is -3.12. The molecule has 1 saturated heterocycles. The minimum atomic E-state index is -4.64. The second-order valence-corrected chi connectivity index (χ2v) is 11.1. The van der Waals surface area contributed by atoms with Crippen molar-refractivity contribution < 1.29 is 59.7 Å². The Labute approximate surface area is 212 Å². The van der Waals surface area contributed by atoms with Crippen molar-refractivity contribution >= 4 is 43.9 Å². The van der Waals surface area contributed by atoms with E-state index in [1.54, 1.807) is 0 Å². The molecule has 1 aromatic carbocycles. The molecule has 1 heterocycles. The number of hydrogen-bond acceptors (Lipinski definition) is 13. The number of nitrogens with two attached hydrogens (primary N) is 1. The molecule has 37 heavy (non-hydrogen) atoms. The Balaban J connectivity index is 2.47. The van der Waals surface area contributed by atoms with Crippen molar-refractivity contribution in [2.24, 2.45) is 5.14 Å². The Morgan fingerprint density at radius 3 is 1.81 bits per heavy atom. The summed E-state index contributed by atoms with van der Waals surface area (Å²) in [7, 11) is -7.66. The zero-order chi connectivity index (χ0) is 28.1. The molecular weight excluding hydrogens is 540 g/mol.